The number of carbonyl (C=O) groups is 1. The van der Waals surface area contributed by atoms with Crippen molar-refractivity contribution in [2.24, 2.45) is 0 Å². The molecule has 0 unspecified atom stereocenters. The Morgan fingerprint density at radius 1 is 1.32 bits per heavy atom. The number of aryl methyl sites for hydroxylation is 1. The van der Waals surface area contributed by atoms with Gasteiger partial charge in [0.05, 0.1) is 5.75 Å². The number of rotatable bonds is 5. The van der Waals surface area contributed by atoms with Gasteiger partial charge in [0.25, 0.3) is 5.91 Å². The van der Waals surface area contributed by atoms with Crippen LogP contribution >= 0.6 is 0 Å². The van der Waals surface area contributed by atoms with Gasteiger partial charge in [0.1, 0.15) is 0 Å². The normalized spacial score (nSPS) is 11.6. The zero-order valence-corrected chi connectivity index (χ0v) is 12.1. The van der Waals surface area contributed by atoms with Gasteiger partial charge in [-0.3, -0.25) is 4.79 Å². The molecule has 6 nitrogen and oxygen atoms in total. The maximum Gasteiger partial charge on any atom is 0.251 e. The molecule has 0 aliphatic heterocycles. The largest absolute Gasteiger partial charge is 0.399 e. The van der Waals surface area contributed by atoms with E-state index in [0.29, 0.717) is 11.3 Å². The van der Waals surface area contributed by atoms with Gasteiger partial charge in [0.2, 0.25) is 10.0 Å². The number of anilines is 1. The van der Waals surface area contributed by atoms with Crippen LogP contribution in [0.3, 0.4) is 0 Å². The van der Waals surface area contributed by atoms with Crippen LogP contribution in [-0.2, 0) is 10.0 Å². The number of sulfonamides is 1. The zero-order chi connectivity index (χ0) is 14.6. The van der Waals surface area contributed by atoms with E-state index in [9.17, 15) is 13.2 Å². The number of nitrogen functional groups attached to an aromatic ring is 1. The predicted octanol–water partition coefficient (Wildman–Crippen LogP) is 0.198. The van der Waals surface area contributed by atoms with Gasteiger partial charge in [-0.15, -0.1) is 0 Å². The summed E-state index contributed by atoms with van der Waals surface area (Å²) in [4.78, 5) is 11.8. The Labute approximate surface area is 113 Å². The molecule has 19 heavy (non-hydrogen) atoms. The average Bonchev–Trinajstić information content (AvgIpc) is 2.27. The molecule has 1 aromatic rings. The van der Waals surface area contributed by atoms with Crippen molar-refractivity contribution in [1.29, 1.82) is 0 Å². The third kappa shape index (κ3) is 4.53. The smallest absolute Gasteiger partial charge is 0.251 e. The molecular formula is C12H19N3O3S. The molecule has 0 heterocycles. The molecule has 106 valence electrons. The highest BCUT2D eigenvalue weighted by Gasteiger charge is 2.14. The molecule has 0 saturated heterocycles. The molecule has 0 aliphatic rings. The number of benzene rings is 1. The van der Waals surface area contributed by atoms with Crippen LogP contribution in [0.4, 0.5) is 5.69 Å². The number of nitrogens with two attached hydrogens (primary N) is 1. The summed E-state index contributed by atoms with van der Waals surface area (Å²) < 4.78 is 24.2. The molecule has 1 amide bonds. The first-order chi connectivity index (χ1) is 8.72. The fourth-order valence-corrected chi connectivity index (χ4v) is 2.25. The number of hydrogen-bond donors (Lipinski definition) is 2. The minimum atomic E-state index is -3.30. The van der Waals surface area contributed by atoms with Gasteiger partial charge in [0, 0.05) is 31.9 Å². The van der Waals surface area contributed by atoms with Crippen LogP contribution in [0.2, 0.25) is 0 Å². The van der Waals surface area contributed by atoms with Crippen LogP contribution < -0.4 is 11.1 Å². The summed E-state index contributed by atoms with van der Waals surface area (Å²) in [5, 5.41) is 2.56. The minimum Gasteiger partial charge on any atom is -0.399 e. The molecule has 0 fully saturated rings. The summed E-state index contributed by atoms with van der Waals surface area (Å²) in [6.07, 6.45) is 0. The van der Waals surface area contributed by atoms with Crippen LogP contribution in [0.25, 0.3) is 0 Å². The van der Waals surface area contributed by atoms with Crippen molar-refractivity contribution in [1.82, 2.24) is 9.62 Å². The van der Waals surface area contributed by atoms with Crippen molar-refractivity contribution in [2.45, 2.75) is 6.92 Å². The molecule has 0 aliphatic carbocycles. The summed E-state index contributed by atoms with van der Waals surface area (Å²) in [7, 11) is -0.385. The molecule has 3 N–H and O–H groups in total. The number of nitrogens with zero attached hydrogens (tertiary/aromatic N) is 1. The second-order valence-corrected chi connectivity index (χ2v) is 6.79. The van der Waals surface area contributed by atoms with E-state index in [-0.39, 0.29) is 18.2 Å². The molecule has 0 spiro atoms. The maximum absolute atomic E-state index is 11.8. The first-order valence-corrected chi connectivity index (χ1v) is 7.39. The van der Waals surface area contributed by atoms with Crippen LogP contribution in [-0.4, -0.2) is 45.0 Å². The molecule has 1 rings (SSSR count). The molecule has 7 heteroatoms. The molecule has 0 atom stereocenters. The second-order valence-electron chi connectivity index (χ2n) is 4.49. The van der Waals surface area contributed by atoms with Gasteiger partial charge in [0.15, 0.2) is 0 Å². The Bertz CT molecular complexity index is 547. The highest BCUT2D eigenvalue weighted by atomic mass is 32.2. The van der Waals surface area contributed by atoms with E-state index in [1.807, 2.05) is 6.92 Å². The van der Waals surface area contributed by atoms with E-state index in [0.717, 1.165) is 9.87 Å². The molecule has 0 aromatic heterocycles. The first kappa shape index (κ1) is 15.5. The number of amides is 1. The van der Waals surface area contributed by atoms with Crippen molar-refractivity contribution in [3.8, 4) is 0 Å². The van der Waals surface area contributed by atoms with E-state index in [1.165, 1.54) is 14.1 Å². The summed E-state index contributed by atoms with van der Waals surface area (Å²) >= 11 is 0. The van der Waals surface area contributed by atoms with Crippen LogP contribution in [0.1, 0.15) is 15.9 Å². The van der Waals surface area contributed by atoms with Crippen molar-refractivity contribution in [3.63, 3.8) is 0 Å². The SMILES string of the molecule is Cc1cc(N)cc(C(=O)NCCS(=O)(=O)N(C)C)c1. The number of nitrogens with one attached hydrogen (secondary N) is 1. The van der Waals surface area contributed by atoms with Crippen molar-refractivity contribution < 1.29 is 13.2 Å². The van der Waals surface area contributed by atoms with E-state index in [1.54, 1.807) is 18.2 Å². The lowest BCUT2D eigenvalue weighted by molar-refractivity contribution is 0.0956. The standard InChI is InChI=1S/C12H19N3O3S/c1-9-6-10(8-11(13)7-9)12(16)14-4-5-19(17,18)15(2)3/h6-8H,4-5,13H2,1-3H3,(H,14,16). The molecule has 0 radical (unpaired) electrons. The zero-order valence-electron chi connectivity index (χ0n) is 11.3. The van der Waals surface area contributed by atoms with Gasteiger partial charge < -0.3 is 11.1 Å². The Balaban J connectivity index is 2.62. The van der Waals surface area contributed by atoms with Gasteiger partial charge in [-0.1, -0.05) is 0 Å². The predicted molar refractivity (Wildman–Crippen MR) is 75.4 cm³/mol. The van der Waals surface area contributed by atoms with Gasteiger partial charge in [-0.2, -0.15) is 0 Å². The van der Waals surface area contributed by atoms with Crippen LogP contribution in [0.15, 0.2) is 18.2 Å². The van der Waals surface area contributed by atoms with Crippen molar-refractivity contribution in [3.05, 3.63) is 29.3 Å². The van der Waals surface area contributed by atoms with Gasteiger partial charge >= 0.3 is 0 Å². The fourth-order valence-electron chi connectivity index (χ4n) is 1.52. The lowest BCUT2D eigenvalue weighted by atomic mass is 10.1. The highest BCUT2D eigenvalue weighted by molar-refractivity contribution is 7.89. The van der Waals surface area contributed by atoms with Crippen LogP contribution in [0.5, 0.6) is 0 Å². The lowest BCUT2D eigenvalue weighted by Gasteiger charge is -2.12. The summed E-state index contributed by atoms with van der Waals surface area (Å²) in [5.74, 6) is -0.461. The number of hydrogen-bond acceptors (Lipinski definition) is 4. The Morgan fingerprint density at radius 2 is 1.95 bits per heavy atom. The molecule has 0 bridgehead atoms. The maximum atomic E-state index is 11.8. The summed E-state index contributed by atoms with van der Waals surface area (Å²) in [5.41, 5.74) is 7.47. The molecular weight excluding hydrogens is 266 g/mol. The average molecular weight is 285 g/mol. The van der Waals surface area contributed by atoms with E-state index in [4.69, 9.17) is 5.73 Å². The van der Waals surface area contributed by atoms with Crippen molar-refractivity contribution >= 4 is 21.6 Å². The topological polar surface area (TPSA) is 92.5 Å². The minimum absolute atomic E-state index is 0.0627. The van der Waals surface area contributed by atoms with Crippen molar-refractivity contribution in [2.75, 3.05) is 32.1 Å². The van der Waals surface area contributed by atoms with Gasteiger partial charge in [-0.05, 0) is 30.7 Å². The number of carbonyl (C=O) groups excluding carboxylic acids is 1. The third-order valence-electron chi connectivity index (χ3n) is 2.56. The summed E-state index contributed by atoms with van der Waals surface area (Å²) in [6, 6.07) is 5.02. The quantitative estimate of drug-likeness (QED) is 0.756. The Morgan fingerprint density at radius 3 is 2.47 bits per heavy atom. The fraction of sp³-hybridized carbons (Fsp3) is 0.417. The first-order valence-electron chi connectivity index (χ1n) is 5.78. The van der Waals surface area contributed by atoms with E-state index >= 15 is 0 Å². The molecule has 1 aromatic carbocycles. The molecule has 0 saturated carbocycles. The Hall–Kier alpha value is -1.60. The monoisotopic (exact) mass is 285 g/mol. The Kier molecular flexibility index (Phi) is 4.90. The summed E-state index contributed by atoms with van der Waals surface area (Å²) in [6.45, 7) is 1.90. The van der Waals surface area contributed by atoms with E-state index < -0.39 is 10.0 Å². The third-order valence-corrected chi connectivity index (χ3v) is 4.40. The van der Waals surface area contributed by atoms with Gasteiger partial charge in [-0.25, -0.2) is 12.7 Å². The van der Waals surface area contributed by atoms with Crippen LogP contribution in [0, 0.1) is 6.92 Å². The lowest BCUT2D eigenvalue weighted by Crippen LogP contribution is -2.33. The second kappa shape index (κ2) is 6.03. The highest BCUT2D eigenvalue weighted by Crippen LogP contribution is 2.10. The van der Waals surface area contributed by atoms with E-state index in [2.05, 4.69) is 5.32 Å².